The highest BCUT2D eigenvalue weighted by atomic mass is 16.3. The van der Waals surface area contributed by atoms with Crippen LogP contribution in [0.2, 0.25) is 0 Å². The topological polar surface area (TPSA) is 32.3 Å². The van der Waals surface area contributed by atoms with Crippen LogP contribution in [0.25, 0.3) is 0 Å². The van der Waals surface area contributed by atoms with Gasteiger partial charge in [-0.1, -0.05) is 30.3 Å². The molecule has 1 saturated carbocycles. The van der Waals surface area contributed by atoms with E-state index in [4.69, 9.17) is 0 Å². The Morgan fingerprint density at radius 2 is 2.00 bits per heavy atom. The minimum atomic E-state index is -0.0477. The van der Waals surface area contributed by atoms with Crippen molar-refractivity contribution >= 4 is 0 Å². The van der Waals surface area contributed by atoms with Gasteiger partial charge in [-0.25, -0.2) is 0 Å². The lowest BCUT2D eigenvalue weighted by molar-refractivity contribution is 0.177. The third kappa shape index (κ3) is 3.33. The molecule has 2 nitrogen and oxygen atoms in total. The number of nitrogens with one attached hydrogen (secondary N) is 1. The summed E-state index contributed by atoms with van der Waals surface area (Å²) >= 11 is 0. The summed E-state index contributed by atoms with van der Waals surface area (Å²) in [5, 5.41) is 12.8. The van der Waals surface area contributed by atoms with E-state index in [2.05, 4.69) is 29.6 Å². The Hall–Kier alpha value is -0.860. The molecule has 82 valence electrons. The summed E-state index contributed by atoms with van der Waals surface area (Å²) in [7, 11) is 0. The number of aliphatic hydroxyl groups excluding tert-OH is 1. The molecule has 2 atom stereocenters. The molecule has 0 amide bonds. The van der Waals surface area contributed by atoms with Gasteiger partial charge in [-0.15, -0.1) is 0 Å². The normalized spacial score (nSPS) is 25.7. The number of hydrogen-bond donors (Lipinski definition) is 2. The average Bonchev–Trinajstić information content (AvgIpc) is 2.66. The van der Waals surface area contributed by atoms with Crippen LogP contribution in [0.15, 0.2) is 30.3 Å². The van der Waals surface area contributed by atoms with E-state index in [0.29, 0.717) is 5.92 Å². The summed E-state index contributed by atoms with van der Waals surface area (Å²) in [4.78, 5) is 0. The van der Waals surface area contributed by atoms with Crippen molar-refractivity contribution in [3.05, 3.63) is 35.9 Å². The maximum absolute atomic E-state index is 9.39. The van der Waals surface area contributed by atoms with Gasteiger partial charge in [0, 0.05) is 6.54 Å². The van der Waals surface area contributed by atoms with Crippen LogP contribution >= 0.6 is 0 Å². The van der Waals surface area contributed by atoms with Gasteiger partial charge in [0.2, 0.25) is 0 Å². The number of aliphatic hydroxyl groups is 1. The zero-order valence-corrected chi connectivity index (χ0v) is 9.02. The Labute approximate surface area is 91.3 Å². The van der Waals surface area contributed by atoms with Gasteiger partial charge in [-0.2, -0.15) is 0 Å². The van der Waals surface area contributed by atoms with E-state index in [0.717, 1.165) is 25.9 Å². The lowest BCUT2D eigenvalue weighted by Gasteiger charge is -2.10. The van der Waals surface area contributed by atoms with Crippen molar-refractivity contribution in [2.24, 2.45) is 5.92 Å². The molecule has 1 aromatic rings. The van der Waals surface area contributed by atoms with Gasteiger partial charge in [0.15, 0.2) is 0 Å². The van der Waals surface area contributed by atoms with Gasteiger partial charge in [0.1, 0.15) is 0 Å². The molecule has 0 aliphatic heterocycles. The van der Waals surface area contributed by atoms with E-state index in [1.165, 1.54) is 12.0 Å². The molecule has 0 spiro atoms. The molecule has 0 radical (unpaired) electrons. The van der Waals surface area contributed by atoms with Crippen LogP contribution < -0.4 is 5.32 Å². The second kappa shape index (κ2) is 5.29. The molecule has 0 unspecified atom stereocenters. The fourth-order valence-electron chi connectivity index (χ4n) is 2.25. The van der Waals surface area contributed by atoms with Crippen molar-refractivity contribution in [3.63, 3.8) is 0 Å². The summed E-state index contributed by atoms with van der Waals surface area (Å²) in [6.07, 6.45) is 3.08. The SMILES string of the molecule is O[C@H]1CC[C@H](CNCc2ccccc2)C1. The fourth-order valence-corrected chi connectivity index (χ4v) is 2.25. The largest absolute Gasteiger partial charge is 0.393 e. The first kappa shape index (κ1) is 10.7. The fraction of sp³-hybridized carbons (Fsp3) is 0.538. The Bertz CT molecular complexity index is 286. The van der Waals surface area contributed by atoms with E-state index in [9.17, 15) is 5.11 Å². The molecule has 1 aliphatic rings. The molecule has 2 heteroatoms. The predicted octanol–water partition coefficient (Wildman–Crippen LogP) is 1.94. The van der Waals surface area contributed by atoms with Gasteiger partial charge in [0.05, 0.1) is 6.10 Å². The van der Waals surface area contributed by atoms with Crippen LogP contribution in [-0.4, -0.2) is 17.8 Å². The van der Waals surface area contributed by atoms with Crippen molar-refractivity contribution in [2.75, 3.05) is 6.54 Å². The maximum Gasteiger partial charge on any atom is 0.0543 e. The van der Waals surface area contributed by atoms with Gasteiger partial charge in [-0.3, -0.25) is 0 Å². The van der Waals surface area contributed by atoms with Crippen LogP contribution in [0, 0.1) is 5.92 Å². The van der Waals surface area contributed by atoms with E-state index < -0.39 is 0 Å². The first-order valence-corrected chi connectivity index (χ1v) is 5.77. The minimum absolute atomic E-state index is 0.0477. The van der Waals surface area contributed by atoms with Crippen molar-refractivity contribution in [1.82, 2.24) is 5.32 Å². The summed E-state index contributed by atoms with van der Waals surface area (Å²) in [5.41, 5.74) is 1.33. The monoisotopic (exact) mass is 205 g/mol. The molecule has 2 N–H and O–H groups in total. The quantitative estimate of drug-likeness (QED) is 0.787. The maximum atomic E-state index is 9.39. The third-order valence-corrected chi connectivity index (χ3v) is 3.12. The molecule has 0 heterocycles. The van der Waals surface area contributed by atoms with E-state index in [1.807, 2.05) is 6.07 Å². The summed E-state index contributed by atoms with van der Waals surface area (Å²) < 4.78 is 0. The molecule has 1 fully saturated rings. The van der Waals surface area contributed by atoms with Crippen LogP contribution in [0.5, 0.6) is 0 Å². The third-order valence-electron chi connectivity index (χ3n) is 3.12. The van der Waals surface area contributed by atoms with Crippen molar-refractivity contribution in [2.45, 2.75) is 31.9 Å². The molecule has 0 bridgehead atoms. The Morgan fingerprint density at radius 3 is 2.67 bits per heavy atom. The zero-order valence-electron chi connectivity index (χ0n) is 9.02. The standard InChI is InChI=1S/C13H19NO/c15-13-7-6-12(8-13)10-14-9-11-4-2-1-3-5-11/h1-5,12-15H,6-10H2/t12-,13-/m0/s1. The molecule has 15 heavy (non-hydrogen) atoms. The van der Waals surface area contributed by atoms with Crippen LogP contribution in [0.1, 0.15) is 24.8 Å². The first-order valence-electron chi connectivity index (χ1n) is 5.77. The van der Waals surface area contributed by atoms with Gasteiger partial charge in [-0.05, 0) is 37.3 Å². The van der Waals surface area contributed by atoms with Crippen LogP contribution in [0.4, 0.5) is 0 Å². The highest BCUT2D eigenvalue weighted by Gasteiger charge is 2.21. The van der Waals surface area contributed by atoms with Gasteiger partial charge >= 0.3 is 0 Å². The highest BCUT2D eigenvalue weighted by Crippen LogP contribution is 2.24. The summed E-state index contributed by atoms with van der Waals surface area (Å²) in [6, 6.07) is 10.4. The summed E-state index contributed by atoms with van der Waals surface area (Å²) in [6.45, 7) is 1.97. The predicted molar refractivity (Wildman–Crippen MR) is 61.5 cm³/mol. The highest BCUT2D eigenvalue weighted by molar-refractivity contribution is 5.14. The first-order chi connectivity index (χ1) is 7.34. The number of rotatable bonds is 4. The van der Waals surface area contributed by atoms with Gasteiger partial charge < -0.3 is 10.4 Å². The molecule has 1 aromatic carbocycles. The van der Waals surface area contributed by atoms with E-state index in [1.54, 1.807) is 0 Å². The minimum Gasteiger partial charge on any atom is -0.393 e. The Balaban J connectivity index is 1.67. The number of benzene rings is 1. The zero-order chi connectivity index (χ0) is 10.5. The number of hydrogen-bond acceptors (Lipinski definition) is 2. The van der Waals surface area contributed by atoms with Crippen LogP contribution in [-0.2, 0) is 6.54 Å². The van der Waals surface area contributed by atoms with Crippen molar-refractivity contribution in [1.29, 1.82) is 0 Å². The smallest absolute Gasteiger partial charge is 0.0543 e. The molecule has 2 rings (SSSR count). The van der Waals surface area contributed by atoms with Crippen molar-refractivity contribution in [3.8, 4) is 0 Å². The van der Waals surface area contributed by atoms with E-state index >= 15 is 0 Å². The van der Waals surface area contributed by atoms with Crippen molar-refractivity contribution < 1.29 is 5.11 Å². The average molecular weight is 205 g/mol. The Kier molecular flexibility index (Phi) is 3.75. The lowest BCUT2D eigenvalue weighted by Crippen LogP contribution is -2.21. The Morgan fingerprint density at radius 1 is 1.20 bits per heavy atom. The molecule has 0 saturated heterocycles. The second-order valence-electron chi connectivity index (χ2n) is 4.45. The lowest BCUT2D eigenvalue weighted by atomic mass is 10.1. The van der Waals surface area contributed by atoms with Gasteiger partial charge in [0.25, 0.3) is 0 Å². The molecular weight excluding hydrogens is 186 g/mol. The molecule has 1 aliphatic carbocycles. The molecular formula is C13H19NO. The molecule has 0 aromatic heterocycles. The van der Waals surface area contributed by atoms with Crippen LogP contribution in [0.3, 0.4) is 0 Å². The second-order valence-corrected chi connectivity index (χ2v) is 4.45. The van der Waals surface area contributed by atoms with E-state index in [-0.39, 0.29) is 6.10 Å². The summed E-state index contributed by atoms with van der Waals surface area (Å²) in [5.74, 6) is 0.670.